The van der Waals surface area contributed by atoms with Gasteiger partial charge in [-0.2, -0.15) is 0 Å². The van der Waals surface area contributed by atoms with Crippen molar-refractivity contribution in [1.82, 2.24) is 4.98 Å². The van der Waals surface area contributed by atoms with E-state index in [2.05, 4.69) is 9.72 Å². The third-order valence-corrected chi connectivity index (χ3v) is 2.70. The number of rotatable bonds is 3. The molecule has 0 unspecified atom stereocenters. The van der Waals surface area contributed by atoms with Crippen LogP contribution in [0.15, 0.2) is 17.3 Å². The Kier molecular flexibility index (Phi) is 7.74. The fourth-order valence-electron chi connectivity index (χ4n) is 0.958. The number of carbonyl (C=O) groups excluding carboxylic acids is 1. The van der Waals surface area contributed by atoms with Gasteiger partial charge in [0.05, 0.1) is 17.6 Å². The summed E-state index contributed by atoms with van der Waals surface area (Å²) in [4.78, 5) is 25.0. The van der Waals surface area contributed by atoms with E-state index in [-0.39, 0.29) is 23.7 Å². The smallest absolute Gasteiger partial charge is 0.339 e. The molecule has 1 heterocycles. The molecule has 0 radical (unpaired) electrons. The van der Waals surface area contributed by atoms with E-state index in [1.54, 1.807) is 6.26 Å². The van der Waals surface area contributed by atoms with E-state index < -0.39 is 10.9 Å². The maximum absolute atomic E-state index is 11.1. The highest BCUT2D eigenvalue weighted by Gasteiger charge is 2.18. The summed E-state index contributed by atoms with van der Waals surface area (Å²) in [6.45, 7) is 0. The van der Waals surface area contributed by atoms with Crippen LogP contribution in [0.25, 0.3) is 0 Å². The van der Waals surface area contributed by atoms with Crippen LogP contribution in [0, 0.1) is 10.1 Å². The van der Waals surface area contributed by atoms with Gasteiger partial charge in [0.2, 0.25) is 0 Å². The van der Waals surface area contributed by atoms with Crippen molar-refractivity contribution in [2.24, 2.45) is 0 Å². The average molecular weight is 286 g/mol. The first kappa shape index (κ1) is 17.4. The molecule has 0 atom stereocenters. The summed E-state index contributed by atoms with van der Waals surface area (Å²) in [5, 5.41) is 10.9. The fourth-order valence-corrected chi connectivity index (χ4v) is 1.46. The minimum atomic E-state index is -0.641. The molecule has 1 aromatic rings. The minimum Gasteiger partial charge on any atom is -0.465 e. The van der Waals surface area contributed by atoms with Gasteiger partial charge in [-0.15, -0.1) is 11.8 Å². The Morgan fingerprint density at radius 1 is 1.47 bits per heavy atom. The van der Waals surface area contributed by atoms with Crippen molar-refractivity contribution < 1.29 is 14.5 Å². The summed E-state index contributed by atoms with van der Waals surface area (Å²) in [6, 6.07) is 1.16. The lowest BCUT2D eigenvalue weighted by Gasteiger charge is -2.01. The lowest BCUT2D eigenvalue weighted by atomic mass is 10.3. The first-order valence-electron chi connectivity index (χ1n) is 5.37. The van der Waals surface area contributed by atoms with Crippen molar-refractivity contribution in [3.8, 4) is 0 Å². The third kappa shape index (κ3) is 5.69. The zero-order valence-corrected chi connectivity index (χ0v) is 11.0. The molecule has 1 fully saturated rings. The Labute approximate surface area is 116 Å². The number of nitrogens with zero attached hydrogens (tertiary/aromatic N) is 2. The predicted molar refractivity (Wildman–Crippen MR) is 74.6 cm³/mol. The topological polar surface area (TPSA) is 82.3 Å². The van der Waals surface area contributed by atoms with Crippen molar-refractivity contribution in [3.63, 3.8) is 0 Å². The molecule has 1 saturated carbocycles. The third-order valence-electron chi connectivity index (χ3n) is 2.00. The monoisotopic (exact) mass is 286 g/mol. The lowest BCUT2D eigenvalue weighted by Crippen LogP contribution is -2.04. The van der Waals surface area contributed by atoms with E-state index in [4.69, 9.17) is 0 Å². The second-order valence-corrected chi connectivity index (χ2v) is 4.36. The highest BCUT2D eigenvalue weighted by Crippen LogP contribution is 2.25. The summed E-state index contributed by atoms with van der Waals surface area (Å²) in [5.41, 5.74) is -0.118. The van der Waals surface area contributed by atoms with E-state index in [0.29, 0.717) is 0 Å². The van der Waals surface area contributed by atoms with Gasteiger partial charge in [-0.3, -0.25) is 10.1 Å². The summed E-state index contributed by atoms with van der Waals surface area (Å²) >= 11 is 1.15. The molecule has 1 aromatic heterocycles. The Morgan fingerprint density at radius 3 is 2.42 bits per heavy atom. The largest absolute Gasteiger partial charge is 0.465 e. The first-order chi connectivity index (χ1) is 8.60. The van der Waals surface area contributed by atoms with Gasteiger partial charge in [-0.25, -0.2) is 9.78 Å². The second kappa shape index (κ2) is 8.47. The molecule has 0 spiro atoms. The quantitative estimate of drug-likeness (QED) is 0.367. The highest BCUT2D eigenvalue weighted by atomic mass is 32.2. The van der Waals surface area contributed by atoms with Gasteiger partial charge in [0.15, 0.2) is 5.03 Å². The molecule has 0 aromatic carbocycles. The fraction of sp³-hybridized carbons (Fsp3) is 0.500. The molecule has 0 amide bonds. The summed E-state index contributed by atoms with van der Waals surface area (Å²) in [7, 11) is 1.21. The molecule has 19 heavy (non-hydrogen) atoms. The molecule has 6 nitrogen and oxygen atoms in total. The summed E-state index contributed by atoms with van der Waals surface area (Å²) in [6.07, 6.45) is 7.43. The van der Waals surface area contributed by atoms with Gasteiger partial charge in [-0.1, -0.05) is 26.7 Å². The van der Waals surface area contributed by atoms with Crippen LogP contribution in [-0.4, -0.2) is 29.2 Å². The molecule has 106 valence electrons. The molecule has 0 bridgehead atoms. The zero-order chi connectivity index (χ0) is 13.5. The molecule has 1 aliphatic rings. The first-order valence-corrected chi connectivity index (χ1v) is 6.59. The van der Waals surface area contributed by atoms with Crippen LogP contribution in [0.1, 0.15) is 37.0 Å². The lowest BCUT2D eigenvalue weighted by molar-refractivity contribution is -0.388. The van der Waals surface area contributed by atoms with Crippen LogP contribution < -0.4 is 0 Å². The molecular weight excluding hydrogens is 268 g/mol. The van der Waals surface area contributed by atoms with Crippen molar-refractivity contribution in [2.75, 3.05) is 13.4 Å². The standard InChI is InChI=1S/C8H8N2O4S.C3H6.CH4/c1-14-8(11)5-3-6(10(12)13)7(15-2)9-4-5;1-2-3-1;/h3-4H,1-2H3;1-3H2;1H4. The number of carbonyl (C=O) groups is 1. The normalized spacial score (nSPS) is 11.5. The molecule has 0 saturated heterocycles. The van der Waals surface area contributed by atoms with Gasteiger partial charge in [0.25, 0.3) is 0 Å². The van der Waals surface area contributed by atoms with Crippen LogP contribution in [-0.2, 0) is 4.74 Å². The van der Waals surface area contributed by atoms with Crippen molar-refractivity contribution in [3.05, 3.63) is 27.9 Å². The number of aromatic nitrogens is 1. The highest BCUT2D eigenvalue weighted by molar-refractivity contribution is 7.98. The number of hydrogen-bond donors (Lipinski definition) is 0. The predicted octanol–water partition coefficient (Wildman–Crippen LogP) is 3.30. The van der Waals surface area contributed by atoms with E-state index in [0.717, 1.165) is 17.8 Å². The van der Waals surface area contributed by atoms with Crippen LogP contribution in [0.2, 0.25) is 0 Å². The van der Waals surface area contributed by atoms with Crippen molar-refractivity contribution in [2.45, 2.75) is 31.7 Å². The molecule has 2 rings (SSSR count). The van der Waals surface area contributed by atoms with Crippen LogP contribution in [0.3, 0.4) is 0 Å². The zero-order valence-electron chi connectivity index (χ0n) is 10.2. The van der Waals surface area contributed by atoms with Gasteiger partial charge in [-0.05, 0) is 6.26 Å². The van der Waals surface area contributed by atoms with Gasteiger partial charge < -0.3 is 4.74 Å². The van der Waals surface area contributed by atoms with Gasteiger partial charge in [0, 0.05) is 12.3 Å². The molecule has 0 aliphatic heterocycles. The Balaban J connectivity index is 0.000000709. The summed E-state index contributed by atoms with van der Waals surface area (Å²) < 4.78 is 4.44. The maximum Gasteiger partial charge on any atom is 0.339 e. The Morgan fingerprint density at radius 2 is 2.05 bits per heavy atom. The number of nitro groups is 1. The second-order valence-electron chi connectivity index (χ2n) is 3.56. The van der Waals surface area contributed by atoms with Gasteiger partial charge >= 0.3 is 11.7 Å². The van der Waals surface area contributed by atoms with E-state index in [9.17, 15) is 14.9 Å². The Bertz CT molecular complexity index is 447. The molecule has 0 N–H and O–H groups in total. The summed E-state index contributed by atoms with van der Waals surface area (Å²) in [5.74, 6) is -0.641. The number of ether oxygens (including phenoxy) is 1. The molecule has 7 heteroatoms. The minimum absolute atomic E-state index is 0. The number of thioether (sulfide) groups is 1. The number of pyridine rings is 1. The van der Waals surface area contributed by atoms with Crippen LogP contribution in [0.4, 0.5) is 5.69 Å². The van der Waals surface area contributed by atoms with Crippen LogP contribution in [0.5, 0.6) is 0 Å². The van der Waals surface area contributed by atoms with Crippen LogP contribution >= 0.6 is 11.8 Å². The Hall–Kier alpha value is -1.63. The van der Waals surface area contributed by atoms with Gasteiger partial charge in [0.1, 0.15) is 0 Å². The van der Waals surface area contributed by atoms with Crippen molar-refractivity contribution in [1.29, 1.82) is 0 Å². The maximum atomic E-state index is 11.1. The number of esters is 1. The molecule has 1 aliphatic carbocycles. The SMILES string of the molecule is C.C1CC1.COC(=O)c1cnc(SC)c([N+](=O)[O-])c1. The number of hydrogen-bond acceptors (Lipinski definition) is 6. The average Bonchev–Trinajstić information content (AvgIpc) is 3.25. The number of methoxy groups -OCH3 is 1. The van der Waals surface area contributed by atoms with E-state index in [1.807, 2.05) is 0 Å². The van der Waals surface area contributed by atoms with Crippen molar-refractivity contribution >= 4 is 23.4 Å². The van der Waals surface area contributed by atoms with E-state index in [1.165, 1.54) is 32.6 Å². The van der Waals surface area contributed by atoms with E-state index >= 15 is 0 Å². The molecular formula is C12H18N2O4S.